The molecule has 0 aromatic rings. The van der Waals surface area contributed by atoms with Crippen molar-refractivity contribution in [3.8, 4) is 18.2 Å². The molecule has 2 rings (SSSR count). The van der Waals surface area contributed by atoms with Gasteiger partial charge in [-0.05, 0) is 19.3 Å². The van der Waals surface area contributed by atoms with Crippen molar-refractivity contribution in [2.45, 2.75) is 38.3 Å². The third-order valence-corrected chi connectivity index (χ3v) is 5.16. The summed E-state index contributed by atoms with van der Waals surface area (Å²) in [4.78, 5) is 0. The molecule has 0 spiro atoms. The van der Waals surface area contributed by atoms with Crippen molar-refractivity contribution in [2.75, 3.05) is 7.11 Å². The molecule has 2 aliphatic rings. The van der Waals surface area contributed by atoms with Crippen molar-refractivity contribution in [3.05, 3.63) is 10.7 Å². The van der Waals surface area contributed by atoms with Crippen molar-refractivity contribution in [1.29, 1.82) is 15.8 Å². The molecule has 2 atom stereocenters. The Morgan fingerprint density at radius 3 is 2.30 bits per heavy atom. The number of methoxy groups -OCH3 is 1. The van der Waals surface area contributed by atoms with Crippen molar-refractivity contribution >= 4 is 11.6 Å². The highest BCUT2D eigenvalue weighted by Crippen LogP contribution is 2.61. The first-order chi connectivity index (χ1) is 9.47. The number of nitrogens with zero attached hydrogens (tertiary/aromatic N) is 3. The number of halogens is 1. The van der Waals surface area contributed by atoms with Crippen LogP contribution in [0.3, 0.4) is 0 Å². The average molecular weight is 291 g/mol. The largest absolute Gasteiger partial charge is 0.358 e. The maximum atomic E-state index is 9.68. The number of ether oxygens (including phenoxy) is 1. The molecule has 1 aliphatic heterocycles. The fourth-order valence-corrected chi connectivity index (χ4v) is 3.93. The SMILES string of the molecule is CO[C@]12CCCC[C@@]1(C)C(C#N)(C#N)C(C#N)=C(Cl)N2. The van der Waals surface area contributed by atoms with Crippen molar-refractivity contribution in [3.63, 3.8) is 0 Å². The summed E-state index contributed by atoms with van der Waals surface area (Å²) in [6.07, 6.45) is 3.05. The minimum atomic E-state index is -1.60. The number of rotatable bonds is 1. The molecule has 0 saturated heterocycles. The summed E-state index contributed by atoms with van der Waals surface area (Å²) in [7, 11) is 1.54. The molecule has 1 fully saturated rings. The van der Waals surface area contributed by atoms with E-state index >= 15 is 0 Å². The predicted octanol–water partition coefficient (Wildman–Crippen LogP) is 2.52. The van der Waals surface area contributed by atoms with E-state index in [2.05, 4.69) is 17.5 Å². The fourth-order valence-electron chi connectivity index (χ4n) is 3.60. The van der Waals surface area contributed by atoms with Gasteiger partial charge in [-0.2, -0.15) is 15.8 Å². The molecule has 1 N–H and O–H groups in total. The molecule has 0 radical (unpaired) electrons. The monoisotopic (exact) mass is 290 g/mol. The van der Waals surface area contributed by atoms with E-state index < -0.39 is 16.6 Å². The number of fused-ring (bicyclic) bond motifs is 1. The van der Waals surface area contributed by atoms with E-state index in [0.29, 0.717) is 12.8 Å². The van der Waals surface area contributed by atoms with Gasteiger partial charge in [-0.1, -0.05) is 24.9 Å². The van der Waals surface area contributed by atoms with Gasteiger partial charge in [-0.25, -0.2) is 0 Å². The zero-order valence-corrected chi connectivity index (χ0v) is 12.2. The average Bonchev–Trinajstić information content (AvgIpc) is 2.46. The molecule has 1 aliphatic carbocycles. The number of nitrogens with one attached hydrogen (secondary N) is 1. The van der Waals surface area contributed by atoms with Gasteiger partial charge in [0.05, 0.1) is 23.1 Å². The van der Waals surface area contributed by atoms with Gasteiger partial charge in [0.25, 0.3) is 0 Å². The van der Waals surface area contributed by atoms with Crippen molar-refractivity contribution in [2.24, 2.45) is 10.8 Å². The van der Waals surface area contributed by atoms with Gasteiger partial charge in [0, 0.05) is 7.11 Å². The van der Waals surface area contributed by atoms with Crippen LogP contribution in [0.15, 0.2) is 10.7 Å². The van der Waals surface area contributed by atoms with Gasteiger partial charge >= 0.3 is 0 Å². The molecule has 1 saturated carbocycles. The molecule has 5 nitrogen and oxygen atoms in total. The first-order valence-electron chi connectivity index (χ1n) is 6.43. The number of hydrogen-bond donors (Lipinski definition) is 1. The van der Waals surface area contributed by atoms with Crippen LogP contribution < -0.4 is 5.32 Å². The molecule has 0 amide bonds. The molecular formula is C14H15ClN4O. The van der Waals surface area contributed by atoms with E-state index in [9.17, 15) is 15.8 Å². The van der Waals surface area contributed by atoms with E-state index in [1.54, 1.807) is 0 Å². The van der Waals surface area contributed by atoms with Crippen molar-refractivity contribution < 1.29 is 4.74 Å². The second-order valence-corrected chi connectivity index (χ2v) is 5.85. The molecule has 0 bridgehead atoms. The first-order valence-corrected chi connectivity index (χ1v) is 6.81. The van der Waals surface area contributed by atoms with Gasteiger partial charge in [0.2, 0.25) is 0 Å². The molecule has 0 unspecified atom stereocenters. The summed E-state index contributed by atoms with van der Waals surface area (Å²) in [5, 5.41) is 31.8. The summed E-state index contributed by atoms with van der Waals surface area (Å²) in [5.74, 6) is 0. The van der Waals surface area contributed by atoms with Crippen LogP contribution in [0.4, 0.5) is 0 Å². The summed E-state index contributed by atoms with van der Waals surface area (Å²) < 4.78 is 5.67. The second-order valence-electron chi connectivity index (χ2n) is 5.47. The fraction of sp³-hybridized carbons (Fsp3) is 0.643. The van der Waals surface area contributed by atoms with Crippen molar-refractivity contribution in [1.82, 2.24) is 5.32 Å². The van der Waals surface area contributed by atoms with Gasteiger partial charge < -0.3 is 10.1 Å². The predicted molar refractivity (Wildman–Crippen MR) is 71.6 cm³/mol. The number of nitriles is 3. The van der Waals surface area contributed by atoms with Crippen LogP contribution in [0, 0.1) is 44.8 Å². The standard InChI is InChI=1S/C14H15ClN4O/c1-12-5-3-4-6-14(12,20-2)19-11(15)10(7-16)13(12,8-17)9-18/h19H,3-6H2,1-2H3/t12-,14+/m0/s1. The Balaban J connectivity index is 2.81. The van der Waals surface area contributed by atoms with E-state index in [-0.39, 0.29) is 10.7 Å². The first kappa shape index (κ1) is 14.7. The number of hydrogen-bond acceptors (Lipinski definition) is 5. The molecule has 104 valence electrons. The summed E-state index contributed by atoms with van der Waals surface area (Å²) in [6, 6.07) is 6.03. The minimum Gasteiger partial charge on any atom is -0.358 e. The van der Waals surface area contributed by atoms with E-state index in [4.69, 9.17) is 16.3 Å². The van der Waals surface area contributed by atoms with Crippen LogP contribution in [0.5, 0.6) is 0 Å². The van der Waals surface area contributed by atoms with Gasteiger partial charge in [-0.3, -0.25) is 0 Å². The van der Waals surface area contributed by atoms with Gasteiger partial charge in [0.15, 0.2) is 5.41 Å². The molecule has 0 aromatic heterocycles. The molecule has 6 heteroatoms. The highest BCUT2D eigenvalue weighted by atomic mass is 35.5. The van der Waals surface area contributed by atoms with Crippen LogP contribution in [0.1, 0.15) is 32.6 Å². The van der Waals surface area contributed by atoms with Crippen LogP contribution in [-0.2, 0) is 4.74 Å². The Morgan fingerprint density at radius 2 is 1.80 bits per heavy atom. The smallest absolute Gasteiger partial charge is 0.191 e. The Bertz CT molecular complexity index is 580. The van der Waals surface area contributed by atoms with Gasteiger partial charge in [-0.15, -0.1) is 0 Å². The van der Waals surface area contributed by atoms with E-state index in [1.165, 1.54) is 7.11 Å². The van der Waals surface area contributed by atoms with Crippen LogP contribution in [0.25, 0.3) is 0 Å². The number of allylic oxidation sites excluding steroid dienone is 1. The summed E-state index contributed by atoms with van der Waals surface area (Å²) in [6.45, 7) is 1.83. The zero-order valence-electron chi connectivity index (χ0n) is 11.5. The zero-order chi connectivity index (χ0) is 15.0. The Morgan fingerprint density at radius 1 is 1.20 bits per heavy atom. The topological polar surface area (TPSA) is 92.6 Å². The molecule has 1 heterocycles. The van der Waals surface area contributed by atoms with Crippen LogP contribution in [0.2, 0.25) is 0 Å². The second kappa shape index (κ2) is 4.67. The lowest BCUT2D eigenvalue weighted by atomic mass is 9.51. The lowest BCUT2D eigenvalue weighted by Gasteiger charge is -2.58. The molecule has 20 heavy (non-hydrogen) atoms. The van der Waals surface area contributed by atoms with Gasteiger partial charge in [0.1, 0.15) is 17.0 Å². The maximum absolute atomic E-state index is 9.68. The van der Waals surface area contributed by atoms with Crippen LogP contribution in [-0.4, -0.2) is 12.8 Å². The lowest BCUT2D eigenvalue weighted by Crippen LogP contribution is -2.68. The van der Waals surface area contributed by atoms with E-state index in [0.717, 1.165) is 12.8 Å². The highest BCUT2D eigenvalue weighted by molar-refractivity contribution is 6.30. The Labute approximate surface area is 123 Å². The normalized spacial score (nSPS) is 35.0. The summed E-state index contributed by atoms with van der Waals surface area (Å²) >= 11 is 6.14. The quantitative estimate of drug-likeness (QED) is 0.749. The molecular weight excluding hydrogens is 276 g/mol. The highest BCUT2D eigenvalue weighted by Gasteiger charge is 2.68. The Kier molecular flexibility index (Phi) is 3.42. The third kappa shape index (κ3) is 1.44. The lowest BCUT2D eigenvalue weighted by molar-refractivity contribution is -0.177. The Hall–Kier alpha value is -1.74. The molecule has 0 aromatic carbocycles. The third-order valence-electron chi connectivity index (χ3n) is 4.88. The van der Waals surface area contributed by atoms with E-state index in [1.807, 2.05) is 13.0 Å². The summed E-state index contributed by atoms with van der Waals surface area (Å²) in [5.41, 5.74) is -3.34. The minimum absolute atomic E-state index is 0.0127. The van der Waals surface area contributed by atoms with Crippen LogP contribution >= 0.6 is 11.6 Å². The maximum Gasteiger partial charge on any atom is 0.191 e.